The molecule has 6 heteroatoms. The molecule has 0 saturated carbocycles. The molecule has 0 atom stereocenters. The van der Waals surface area contributed by atoms with Gasteiger partial charge in [0.1, 0.15) is 0 Å². The summed E-state index contributed by atoms with van der Waals surface area (Å²) in [5.41, 5.74) is 0. The molecule has 0 bridgehead atoms. The van der Waals surface area contributed by atoms with Crippen LogP contribution in [0.4, 0.5) is 11.9 Å². The summed E-state index contributed by atoms with van der Waals surface area (Å²) in [6.45, 7) is 7.07. The molecule has 0 spiro atoms. The van der Waals surface area contributed by atoms with E-state index < -0.39 is 0 Å². The van der Waals surface area contributed by atoms with Crippen molar-refractivity contribution in [1.29, 1.82) is 0 Å². The Balaban J connectivity index is 2.80. The van der Waals surface area contributed by atoms with E-state index in [0.29, 0.717) is 24.5 Å². The van der Waals surface area contributed by atoms with Crippen LogP contribution in [0.5, 0.6) is 6.01 Å². The fourth-order valence-electron chi connectivity index (χ4n) is 1.16. The van der Waals surface area contributed by atoms with Gasteiger partial charge in [0.25, 0.3) is 0 Å². The molecule has 0 aromatic carbocycles. The molecule has 0 aliphatic heterocycles. The molecule has 0 aliphatic rings. The van der Waals surface area contributed by atoms with Crippen molar-refractivity contribution in [2.24, 2.45) is 0 Å². The lowest BCUT2D eigenvalue weighted by Gasteiger charge is -2.13. The highest BCUT2D eigenvalue weighted by Gasteiger charge is 2.08. The van der Waals surface area contributed by atoms with Crippen molar-refractivity contribution in [3.05, 3.63) is 12.7 Å². The van der Waals surface area contributed by atoms with Crippen LogP contribution >= 0.6 is 0 Å². The van der Waals surface area contributed by atoms with Crippen LogP contribution in [-0.4, -0.2) is 42.2 Å². The predicted octanol–water partition coefficient (Wildman–Crippen LogP) is 1.71. The number of aromatic nitrogens is 3. The summed E-state index contributed by atoms with van der Waals surface area (Å²) in [6, 6.07) is 0.342. The zero-order valence-corrected chi connectivity index (χ0v) is 11.3. The topological polar surface area (TPSA) is 63.2 Å². The highest BCUT2D eigenvalue weighted by atomic mass is 16.5. The van der Waals surface area contributed by atoms with Crippen LogP contribution in [0, 0.1) is 0 Å². The summed E-state index contributed by atoms with van der Waals surface area (Å²) >= 11 is 0. The Morgan fingerprint density at radius 2 is 2.11 bits per heavy atom. The fraction of sp³-hybridized carbons (Fsp3) is 0.583. The third-order valence-corrected chi connectivity index (χ3v) is 2.09. The van der Waals surface area contributed by atoms with Gasteiger partial charge in [-0.25, -0.2) is 0 Å². The van der Waals surface area contributed by atoms with E-state index in [9.17, 15) is 0 Å². The minimum Gasteiger partial charge on any atom is -0.463 e. The monoisotopic (exact) mass is 251 g/mol. The standard InChI is InChI=1S/C12H21N5O/c1-5-7-9-18-12-15-10(13-8-6-2)14-11(16-12)17(3)4/h5H,1,6-9H2,2-4H3,(H,13,14,15,16). The average molecular weight is 251 g/mol. The normalized spacial score (nSPS) is 9.94. The van der Waals surface area contributed by atoms with Gasteiger partial charge in [-0.1, -0.05) is 13.0 Å². The van der Waals surface area contributed by atoms with Crippen molar-refractivity contribution >= 4 is 11.9 Å². The van der Waals surface area contributed by atoms with E-state index in [-0.39, 0.29) is 0 Å². The molecular weight excluding hydrogens is 230 g/mol. The first kappa shape index (κ1) is 14.2. The summed E-state index contributed by atoms with van der Waals surface area (Å²) < 4.78 is 5.46. The Morgan fingerprint density at radius 3 is 2.72 bits per heavy atom. The zero-order valence-electron chi connectivity index (χ0n) is 11.3. The van der Waals surface area contributed by atoms with E-state index in [1.807, 2.05) is 19.0 Å². The molecule has 1 N–H and O–H groups in total. The molecule has 100 valence electrons. The van der Waals surface area contributed by atoms with E-state index in [0.717, 1.165) is 19.4 Å². The van der Waals surface area contributed by atoms with E-state index >= 15 is 0 Å². The second kappa shape index (κ2) is 7.47. The van der Waals surface area contributed by atoms with Crippen molar-refractivity contribution in [3.8, 4) is 6.01 Å². The van der Waals surface area contributed by atoms with Gasteiger partial charge in [0.2, 0.25) is 11.9 Å². The van der Waals surface area contributed by atoms with Crippen molar-refractivity contribution in [2.45, 2.75) is 19.8 Å². The number of nitrogens with one attached hydrogen (secondary N) is 1. The van der Waals surface area contributed by atoms with Crippen molar-refractivity contribution in [1.82, 2.24) is 15.0 Å². The molecule has 1 aromatic rings. The van der Waals surface area contributed by atoms with E-state index in [2.05, 4.69) is 33.8 Å². The summed E-state index contributed by atoms with van der Waals surface area (Å²) in [4.78, 5) is 14.5. The summed E-state index contributed by atoms with van der Waals surface area (Å²) in [5.74, 6) is 1.13. The number of nitrogens with zero attached hydrogens (tertiary/aromatic N) is 4. The van der Waals surface area contributed by atoms with Crippen LogP contribution in [0.1, 0.15) is 19.8 Å². The summed E-state index contributed by atoms with van der Waals surface area (Å²) in [5, 5.41) is 3.13. The van der Waals surface area contributed by atoms with Gasteiger partial charge in [-0.05, 0) is 12.8 Å². The Labute approximate surface area is 108 Å². The molecule has 0 fully saturated rings. The summed E-state index contributed by atoms with van der Waals surface area (Å²) in [7, 11) is 3.76. The number of hydrogen-bond acceptors (Lipinski definition) is 6. The van der Waals surface area contributed by atoms with Crippen molar-refractivity contribution < 1.29 is 4.74 Å². The van der Waals surface area contributed by atoms with Crippen LogP contribution in [0.2, 0.25) is 0 Å². The van der Waals surface area contributed by atoms with E-state index in [1.165, 1.54) is 0 Å². The Kier molecular flexibility index (Phi) is 5.90. The third kappa shape index (κ3) is 4.57. The average Bonchev–Trinajstić information content (AvgIpc) is 2.36. The SMILES string of the molecule is C=CCCOc1nc(NCCC)nc(N(C)C)n1. The lowest BCUT2D eigenvalue weighted by atomic mass is 10.5. The minimum absolute atomic E-state index is 0.342. The minimum atomic E-state index is 0.342. The number of ether oxygens (including phenoxy) is 1. The number of rotatable bonds is 8. The van der Waals surface area contributed by atoms with Crippen LogP contribution in [0.3, 0.4) is 0 Å². The molecule has 0 aliphatic carbocycles. The Hall–Kier alpha value is -1.85. The van der Waals surface area contributed by atoms with Crippen LogP contribution < -0.4 is 15.0 Å². The molecule has 0 saturated heterocycles. The molecule has 1 aromatic heterocycles. The van der Waals surface area contributed by atoms with Gasteiger partial charge in [0.05, 0.1) is 6.61 Å². The van der Waals surface area contributed by atoms with Gasteiger partial charge in [-0.15, -0.1) is 6.58 Å². The molecule has 0 radical (unpaired) electrons. The van der Waals surface area contributed by atoms with Gasteiger partial charge < -0.3 is 15.0 Å². The molecule has 0 amide bonds. The van der Waals surface area contributed by atoms with Crippen molar-refractivity contribution in [3.63, 3.8) is 0 Å². The smallest absolute Gasteiger partial charge is 0.323 e. The zero-order chi connectivity index (χ0) is 13.4. The number of anilines is 2. The third-order valence-electron chi connectivity index (χ3n) is 2.09. The van der Waals surface area contributed by atoms with Gasteiger partial charge >= 0.3 is 6.01 Å². The lowest BCUT2D eigenvalue weighted by molar-refractivity contribution is 0.298. The van der Waals surface area contributed by atoms with Crippen LogP contribution in [0.25, 0.3) is 0 Å². The molecule has 6 nitrogen and oxygen atoms in total. The second-order valence-corrected chi connectivity index (χ2v) is 3.99. The highest BCUT2D eigenvalue weighted by molar-refractivity contribution is 5.36. The Morgan fingerprint density at radius 1 is 1.33 bits per heavy atom. The molecular formula is C12H21N5O. The molecule has 1 rings (SSSR count). The largest absolute Gasteiger partial charge is 0.463 e. The maximum atomic E-state index is 5.46. The van der Waals surface area contributed by atoms with Crippen LogP contribution in [0.15, 0.2) is 12.7 Å². The highest BCUT2D eigenvalue weighted by Crippen LogP contribution is 2.13. The maximum absolute atomic E-state index is 5.46. The van der Waals surface area contributed by atoms with Gasteiger partial charge in [-0.3, -0.25) is 0 Å². The quantitative estimate of drug-likeness (QED) is 0.560. The van der Waals surface area contributed by atoms with Gasteiger partial charge in [0.15, 0.2) is 0 Å². The first-order chi connectivity index (χ1) is 8.67. The predicted molar refractivity (Wildman–Crippen MR) is 73.2 cm³/mol. The Bertz CT molecular complexity index is 381. The van der Waals surface area contributed by atoms with Gasteiger partial charge in [0, 0.05) is 20.6 Å². The van der Waals surface area contributed by atoms with Crippen LogP contribution in [-0.2, 0) is 0 Å². The first-order valence-corrected chi connectivity index (χ1v) is 6.08. The lowest BCUT2D eigenvalue weighted by Crippen LogP contribution is -2.16. The maximum Gasteiger partial charge on any atom is 0.323 e. The fourth-order valence-corrected chi connectivity index (χ4v) is 1.16. The second-order valence-electron chi connectivity index (χ2n) is 3.99. The van der Waals surface area contributed by atoms with E-state index in [1.54, 1.807) is 6.08 Å². The summed E-state index contributed by atoms with van der Waals surface area (Å²) in [6.07, 6.45) is 3.57. The number of hydrogen-bond donors (Lipinski definition) is 1. The first-order valence-electron chi connectivity index (χ1n) is 6.08. The van der Waals surface area contributed by atoms with Gasteiger partial charge in [-0.2, -0.15) is 15.0 Å². The molecule has 0 unspecified atom stereocenters. The van der Waals surface area contributed by atoms with E-state index in [4.69, 9.17) is 4.74 Å². The van der Waals surface area contributed by atoms with Crippen molar-refractivity contribution in [2.75, 3.05) is 37.5 Å². The molecule has 1 heterocycles. The molecule has 18 heavy (non-hydrogen) atoms.